The normalized spacial score (nSPS) is 12.2. The Hall–Kier alpha value is -1.03. The molecule has 0 radical (unpaired) electrons. The van der Waals surface area contributed by atoms with Gasteiger partial charge in [-0.2, -0.15) is 0 Å². The van der Waals surface area contributed by atoms with Crippen LogP contribution in [-0.2, 0) is 6.54 Å². The van der Waals surface area contributed by atoms with Crippen molar-refractivity contribution >= 4 is 33.2 Å². The lowest BCUT2D eigenvalue weighted by Gasteiger charge is -2.21. The molecule has 0 bridgehead atoms. The summed E-state index contributed by atoms with van der Waals surface area (Å²) in [5.41, 5.74) is 3.19. The summed E-state index contributed by atoms with van der Waals surface area (Å²) < 4.78 is 0.924. The number of rotatable bonds is 4. The molecule has 1 unspecified atom stereocenters. The minimum atomic E-state index is -0.472. The number of nitrogens with zero attached hydrogens (tertiary/aromatic N) is 1. The average molecular weight is 355 g/mol. The summed E-state index contributed by atoms with van der Waals surface area (Å²) in [4.78, 5) is 2.15. The summed E-state index contributed by atoms with van der Waals surface area (Å²) in [5.74, 6) is 0. The molecule has 0 aliphatic heterocycles. The second-order valence-corrected chi connectivity index (χ2v) is 6.16. The molecule has 1 atom stereocenters. The van der Waals surface area contributed by atoms with E-state index in [9.17, 15) is 5.11 Å². The van der Waals surface area contributed by atoms with E-state index >= 15 is 0 Å². The van der Waals surface area contributed by atoms with E-state index in [4.69, 9.17) is 11.6 Å². The van der Waals surface area contributed by atoms with E-state index in [0.717, 1.165) is 27.3 Å². The molecular weight excluding hydrogens is 338 g/mol. The minimum absolute atomic E-state index is 0.472. The van der Waals surface area contributed by atoms with Gasteiger partial charge in [-0.05, 0) is 42.3 Å². The molecule has 20 heavy (non-hydrogen) atoms. The highest BCUT2D eigenvalue weighted by atomic mass is 79.9. The van der Waals surface area contributed by atoms with E-state index in [0.29, 0.717) is 0 Å². The highest BCUT2D eigenvalue weighted by Gasteiger charge is 2.09. The number of hydrogen-bond donors (Lipinski definition) is 1. The third-order valence-electron chi connectivity index (χ3n) is 3.21. The van der Waals surface area contributed by atoms with Gasteiger partial charge < -0.3 is 10.0 Å². The first-order valence-corrected chi connectivity index (χ1v) is 7.57. The Morgan fingerprint density at radius 1 is 1.20 bits per heavy atom. The van der Waals surface area contributed by atoms with E-state index in [1.165, 1.54) is 5.56 Å². The fourth-order valence-corrected chi connectivity index (χ4v) is 2.87. The van der Waals surface area contributed by atoms with Crippen molar-refractivity contribution in [3.05, 3.63) is 63.1 Å². The maximum atomic E-state index is 9.64. The third-order valence-corrected chi connectivity index (χ3v) is 4.15. The number of aliphatic hydroxyl groups is 1. The Kier molecular flexibility index (Phi) is 5.08. The average Bonchev–Trinajstić information content (AvgIpc) is 2.40. The van der Waals surface area contributed by atoms with Crippen molar-refractivity contribution in [1.29, 1.82) is 0 Å². The fourth-order valence-electron chi connectivity index (χ4n) is 2.05. The van der Waals surface area contributed by atoms with E-state index in [1.807, 2.05) is 49.5 Å². The quantitative estimate of drug-likeness (QED) is 0.853. The molecule has 2 rings (SSSR count). The SMILES string of the molecule is CC(O)c1ccc(N(C)Cc2ccc(Cl)cc2)cc1Br. The monoisotopic (exact) mass is 353 g/mol. The summed E-state index contributed by atoms with van der Waals surface area (Å²) in [5, 5.41) is 10.4. The second kappa shape index (κ2) is 6.61. The van der Waals surface area contributed by atoms with Gasteiger partial charge in [0.15, 0.2) is 0 Å². The van der Waals surface area contributed by atoms with Gasteiger partial charge in [0.05, 0.1) is 6.10 Å². The zero-order valence-electron chi connectivity index (χ0n) is 11.5. The smallest absolute Gasteiger partial charge is 0.0772 e. The first-order chi connectivity index (χ1) is 9.47. The highest BCUT2D eigenvalue weighted by molar-refractivity contribution is 9.10. The molecule has 0 aliphatic carbocycles. The summed E-state index contributed by atoms with van der Waals surface area (Å²) in [6, 6.07) is 13.8. The standard InChI is InChI=1S/C16H17BrClNO/c1-11(20)15-8-7-14(9-16(15)17)19(2)10-12-3-5-13(18)6-4-12/h3-9,11,20H,10H2,1-2H3. The summed E-state index contributed by atoms with van der Waals surface area (Å²) in [7, 11) is 2.04. The summed E-state index contributed by atoms with van der Waals surface area (Å²) in [6.07, 6.45) is -0.472. The van der Waals surface area contributed by atoms with Crippen molar-refractivity contribution in [2.24, 2.45) is 0 Å². The van der Waals surface area contributed by atoms with Crippen LogP contribution in [0.25, 0.3) is 0 Å². The van der Waals surface area contributed by atoms with E-state index in [1.54, 1.807) is 6.92 Å². The van der Waals surface area contributed by atoms with Crippen LogP contribution in [0.15, 0.2) is 46.9 Å². The molecule has 2 aromatic rings. The van der Waals surface area contributed by atoms with Crippen LogP contribution in [0.4, 0.5) is 5.69 Å². The van der Waals surface area contributed by atoms with Crippen LogP contribution < -0.4 is 4.90 Å². The fraction of sp³-hybridized carbons (Fsp3) is 0.250. The van der Waals surface area contributed by atoms with Gasteiger partial charge in [-0.3, -0.25) is 0 Å². The largest absolute Gasteiger partial charge is 0.389 e. The molecule has 106 valence electrons. The molecule has 0 saturated carbocycles. The number of halogens is 2. The van der Waals surface area contributed by atoms with Crippen LogP contribution in [0, 0.1) is 0 Å². The molecule has 0 spiro atoms. The van der Waals surface area contributed by atoms with Gasteiger partial charge in [0.2, 0.25) is 0 Å². The summed E-state index contributed by atoms with van der Waals surface area (Å²) >= 11 is 9.40. The Labute approximate surface area is 133 Å². The van der Waals surface area contributed by atoms with Crippen LogP contribution in [0.5, 0.6) is 0 Å². The third kappa shape index (κ3) is 3.75. The van der Waals surface area contributed by atoms with Crippen molar-refractivity contribution in [2.45, 2.75) is 19.6 Å². The highest BCUT2D eigenvalue weighted by Crippen LogP contribution is 2.28. The van der Waals surface area contributed by atoms with E-state index < -0.39 is 6.10 Å². The van der Waals surface area contributed by atoms with Crippen LogP contribution >= 0.6 is 27.5 Å². The topological polar surface area (TPSA) is 23.5 Å². The first kappa shape index (κ1) is 15.4. The second-order valence-electron chi connectivity index (χ2n) is 4.86. The molecule has 0 fully saturated rings. The Morgan fingerprint density at radius 3 is 2.40 bits per heavy atom. The van der Waals surface area contributed by atoms with Crippen LogP contribution in [0.3, 0.4) is 0 Å². The zero-order valence-corrected chi connectivity index (χ0v) is 13.8. The molecule has 1 N–H and O–H groups in total. The Balaban J connectivity index is 2.15. The van der Waals surface area contributed by atoms with Gasteiger partial charge in [0, 0.05) is 28.8 Å². The molecule has 0 aromatic heterocycles. The van der Waals surface area contributed by atoms with Gasteiger partial charge in [-0.15, -0.1) is 0 Å². The van der Waals surface area contributed by atoms with Crippen LogP contribution in [0.1, 0.15) is 24.2 Å². The van der Waals surface area contributed by atoms with Crippen LogP contribution in [-0.4, -0.2) is 12.2 Å². The van der Waals surface area contributed by atoms with Gasteiger partial charge in [0.25, 0.3) is 0 Å². The lowest BCUT2D eigenvalue weighted by atomic mass is 10.1. The van der Waals surface area contributed by atoms with Crippen molar-refractivity contribution < 1.29 is 5.11 Å². The predicted molar refractivity (Wildman–Crippen MR) is 88.3 cm³/mol. The lowest BCUT2D eigenvalue weighted by molar-refractivity contribution is 0.198. The Morgan fingerprint density at radius 2 is 1.85 bits per heavy atom. The molecule has 0 aliphatic rings. The van der Waals surface area contributed by atoms with Crippen molar-refractivity contribution in [3.8, 4) is 0 Å². The van der Waals surface area contributed by atoms with Gasteiger partial charge in [-0.1, -0.05) is 45.7 Å². The zero-order chi connectivity index (χ0) is 14.7. The molecule has 2 nitrogen and oxygen atoms in total. The van der Waals surface area contributed by atoms with Crippen LogP contribution in [0.2, 0.25) is 5.02 Å². The molecule has 2 aromatic carbocycles. The van der Waals surface area contributed by atoms with Gasteiger partial charge >= 0.3 is 0 Å². The van der Waals surface area contributed by atoms with E-state index in [2.05, 4.69) is 20.8 Å². The predicted octanol–water partition coefficient (Wildman–Crippen LogP) is 4.79. The van der Waals surface area contributed by atoms with Crippen molar-refractivity contribution in [1.82, 2.24) is 0 Å². The number of anilines is 1. The lowest BCUT2D eigenvalue weighted by Crippen LogP contribution is -2.16. The Bertz CT molecular complexity index is 584. The maximum Gasteiger partial charge on any atom is 0.0772 e. The first-order valence-electron chi connectivity index (χ1n) is 6.40. The molecule has 4 heteroatoms. The van der Waals surface area contributed by atoms with Gasteiger partial charge in [-0.25, -0.2) is 0 Å². The maximum absolute atomic E-state index is 9.64. The summed E-state index contributed by atoms with van der Waals surface area (Å²) in [6.45, 7) is 2.56. The van der Waals surface area contributed by atoms with Gasteiger partial charge in [0.1, 0.15) is 0 Å². The number of benzene rings is 2. The van der Waals surface area contributed by atoms with E-state index in [-0.39, 0.29) is 0 Å². The van der Waals surface area contributed by atoms with Crippen molar-refractivity contribution in [3.63, 3.8) is 0 Å². The molecule has 0 amide bonds. The number of hydrogen-bond acceptors (Lipinski definition) is 2. The minimum Gasteiger partial charge on any atom is -0.389 e. The molecule has 0 heterocycles. The molecular formula is C16H17BrClNO. The van der Waals surface area contributed by atoms with Crippen molar-refractivity contribution in [2.75, 3.05) is 11.9 Å². The number of aliphatic hydroxyl groups excluding tert-OH is 1. The molecule has 0 saturated heterocycles.